The van der Waals surface area contributed by atoms with Crippen LogP contribution >= 0.6 is 0 Å². The van der Waals surface area contributed by atoms with E-state index in [1.54, 1.807) is 0 Å². The first kappa shape index (κ1) is 16.0. The van der Waals surface area contributed by atoms with Gasteiger partial charge >= 0.3 is 0 Å². The third-order valence-corrected chi connectivity index (χ3v) is 5.23. The summed E-state index contributed by atoms with van der Waals surface area (Å²) < 4.78 is 6.16. The molecule has 130 valence electrons. The lowest BCUT2D eigenvalue weighted by atomic mass is 10.0. The Morgan fingerprint density at radius 1 is 1.25 bits per heavy atom. The maximum Gasteiger partial charge on any atom is 0.248 e. The molecule has 1 aromatic rings. The van der Waals surface area contributed by atoms with Crippen LogP contribution in [0.3, 0.4) is 0 Å². The SMILES string of the molecule is O=C(C[C@@H]1C[C@@H]2CN(Cc3ccncc3)C[C@@H]2O1)N1CCCCO1. The average molecular weight is 331 g/mol. The molecule has 1 amide bonds. The van der Waals surface area contributed by atoms with Crippen molar-refractivity contribution in [3.63, 3.8) is 0 Å². The molecule has 0 bridgehead atoms. The van der Waals surface area contributed by atoms with Crippen LogP contribution in [-0.4, -0.2) is 59.3 Å². The molecule has 6 nitrogen and oxygen atoms in total. The summed E-state index contributed by atoms with van der Waals surface area (Å²) in [5.74, 6) is 0.625. The van der Waals surface area contributed by atoms with Gasteiger partial charge in [0.1, 0.15) is 0 Å². The molecule has 3 atom stereocenters. The third-order valence-electron chi connectivity index (χ3n) is 5.23. The summed E-state index contributed by atoms with van der Waals surface area (Å²) in [6.45, 7) is 4.34. The molecular weight excluding hydrogens is 306 g/mol. The summed E-state index contributed by atoms with van der Waals surface area (Å²) in [4.78, 5) is 24.2. The molecule has 0 saturated carbocycles. The van der Waals surface area contributed by atoms with E-state index in [0.717, 1.165) is 45.4 Å². The normalized spacial score (nSPS) is 30.5. The molecule has 3 saturated heterocycles. The third kappa shape index (κ3) is 3.61. The van der Waals surface area contributed by atoms with E-state index in [9.17, 15) is 4.79 Å². The van der Waals surface area contributed by atoms with E-state index < -0.39 is 0 Å². The van der Waals surface area contributed by atoms with Gasteiger partial charge in [0.25, 0.3) is 0 Å². The number of rotatable bonds is 4. The highest BCUT2D eigenvalue weighted by Gasteiger charge is 2.42. The van der Waals surface area contributed by atoms with E-state index in [0.29, 0.717) is 18.9 Å². The van der Waals surface area contributed by atoms with Gasteiger partial charge in [0.05, 0.1) is 25.2 Å². The maximum atomic E-state index is 12.3. The number of amides is 1. The second-order valence-corrected chi connectivity index (χ2v) is 7.08. The molecule has 6 heteroatoms. The molecule has 1 aromatic heterocycles. The van der Waals surface area contributed by atoms with Crippen molar-refractivity contribution in [3.8, 4) is 0 Å². The van der Waals surface area contributed by atoms with E-state index in [1.165, 1.54) is 10.6 Å². The predicted octanol–water partition coefficient (Wildman–Crippen LogP) is 1.61. The fourth-order valence-electron chi connectivity index (χ4n) is 4.05. The van der Waals surface area contributed by atoms with Crippen LogP contribution in [0, 0.1) is 5.92 Å². The number of likely N-dealkylation sites (tertiary alicyclic amines) is 1. The van der Waals surface area contributed by atoms with Gasteiger partial charge in [-0.3, -0.25) is 19.5 Å². The lowest BCUT2D eigenvalue weighted by molar-refractivity contribution is -0.199. The number of aromatic nitrogens is 1. The van der Waals surface area contributed by atoms with Crippen LogP contribution in [0.4, 0.5) is 0 Å². The van der Waals surface area contributed by atoms with E-state index in [-0.39, 0.29) is 18.1 Å². The summed E-state index contributed by atoms with van der Waals surface area (Å²) in [5, 5.41) is 1.54. The van der Waals surface area contributed by atoms with Crippen LogP contribution in [-0.2, 0) is 20.9 Å². The molecule has 4 rings (SSSR count). The maximum absolute atomic E-state index is 12.3. The molecule has 0 radical (unpaired) electrons. The summed E-state index contributed by atoms with van der Waals surface area (Å²) in [7, 11) is 0. The number of hydrogen-bond acceptors (Lipinski definition) is 5. The van der Waals surface area contributed by atoms with E-state index >= 15 is 0 Å². The summed E-state index contributed by atoms with van der Waals surface area (Å²) in [6.07, 6.45) is 7.52. The zero-order chi connectivity index (χ0) is 16.4. The van der Waals surface area contributed by atoms with Crippen LogP contribution < -0.4 is 0 Å². The Balaban J connectivity index is 1.24. The van der Waals surface area contributed by atoms with E-state index in [2.05, 4.69) is 22.0 Å². The van der Waals surface area contributed by atoms with Crippen molar-refractivity contribution in [1.29, 1.82) is 0 Å². The number of carbonyl (C=O) groups excluding carboxylic acids is 1. The van der Waals surface area contributed by atoms with Crippen molar-refractivity contribution in [3.05, 3.63) is 30.1 Å². The number of nitrogens with zero attached hydrogens (tertiary/aromatic N) is 3. The van der Waals surface area contributed by atoms with Gasteiger partial charge in [-0.25, -0.2) is 5.06 Å². The molecule has 0 aromatic carbocycles. The number of fused-ring (bicyclic) bond motifs is 1. The van der Waals surface area contributed by atoms with Gasteiger partial charge in [-0.05, 0) is 37.0 Å². The number of carbonyl (C=O) groups is 1. The molecule has 0 aliphatic carbocycles. The average Bonchev–Trinajstić information content (AvgIpc) is 3.14. The van der Waals surface area contributed by atoms with Crippen molar-refractivity contribution >= 4 is 5.91 Å². The van der Waals surface area contributed by atoms with Crippen molar-refractivity contribution in [2.24, 2.45) is 5.92 Å². The summed E-state index contributed by atoms with van der Waals surface area (Å²) in [5.41, 5.74) is 1.29. The summed E-state index contributed by atoms with van der Waals surface area (Å²) in [6, 6.07) is 4.13. The number of hydrogen-bond donors (Lipinski definition) is 0. The van der Waals surface area contributed by atoms with Gasteiger partial charge in [0.15, 0.2) is 0 Å². The van der Waals surface area contributed by atoms with Crippen LogP contribution in [0.5, 0.6) is 0 Å². The van der Waals surface area contributed by atoms with Gasteiger partial charge in [-0.2, -0.15) is 0 Å². The molecular formula is C18H25N3O3. The van der Waals surface area contributed by atoms with E-state index in [4.69, 9.17) is 9.57 Å². The topological polar surface area (TPSA) is 54.9 Å². The van der Waals surface area contributed by atoms with Crippen molar-refractivity contribution in [2.75, 3.05) is 26.2 Å². The molecule has 3 aliphatic heterocycles. The Labute approximate surface area is 142 Å². The van der Waals surface area contributed by atoms with Crippen LogP contribution in [0.2, 0.25) is 0 Å². The first-order chi connectivity index (χ1) is 11.8. The van der Waals surface area contributed by atoms with Gasteiger partial charge in [-0.15, -0.1) is 0 Å². The lowest BCUT2D eigenvalue weighted by Crippen LogP contribution is -2.37. The molecule has 0 N–H and O–H groups in total. The zero-order valence-corrected chi connectivity index (χ0v) is 14.0. The lowest BCUT2D eigenvalue weighted by Gasteiger charge is -2.27. The van der Waals surface area contributed by atoms with Crippen molar-refractivity contribution < 1.29 is 14.4 Å². The first-order valence-electron chi connectivity index (χ1n) is 8.98. The van der Waals surface area contributed by atoms with Gasteiger partial charge in [0, 0.05) is 44.5 Å². The molecule has 0 spiro atoms. The number of hydroxylamine groups is 2. The second kappa shape index (κ2) is 7.17. The largest absolute Gasteiger partial charge is 0.373 e. The smallest absolute Gasteiger partial charge is 0.248 e. The Hall–Kier alpha value is -1.50. The molecule has 4 heterocycles. The van der Waals surface area contributed by atoms with Gasteiger partial charge < -0.3 is 4.74 Å². The van der Waals surface area contributed by atoms with Crippen LogP contribution in [0.15, 0.2) is 24.5 Å². The second-order valence-electron chi connectivity index (χ2n) is 7.08. The molecule has 3 aliphatic rings. The minimum absolute atomic E-state index is 0.0566. The quantitative estimate of drug-likeness (QED) is 0.839. The summed E-state index contributed by atoms with van der Waals surface area (Å²) >= 11 is 0. The standard InChI is InChI=1S/C18H25N3O3/c22-18(21-7-1-2-8-23-21)10-16-9-15-12-20(13-17(15)24-16)11-14-3-5-19-6-4-14/h3-6,15-17H,1-2,7-13H2/t15-,16+,17+/m1/s1. The highest BCUT2D eigenvalue weighted by Crippen LogP contribution is 2.35. The van der Waals surface area contributed by atoms with Crippen LogP contribution in [0.25, 0.3) is 0 Å². The predicted molar refractivity (Wildman–Crippen MR) is 87.8 cm³/mol. The highest BCUT2D eigenvalue weighted by molar-refractivity contribution is 5.75. The number of pyridine rings is 1. The Kier molecular flexibility index (Phi) is 4.78. The van der Waals surface area contributed by atoms with Crippen molar-refractivity contribution in [2.45, 2.75) is 44.4 Å². The molecule has 24 heavy (non-hydrogen) atoms. The Bertz CT molecular complexity index is 548. The Morgan fingerprint density at radius 3 is 2.88 bits per heavy atom. The van der Waals surface area contributed by atoms with Crippen LogP contribution in [0.1, 0.15) is 31.2 Å². The van der Waals surface area contributed by atoms with Gasteiger partial charge in [-0.1, -0.05) is 0 Å². The monoisotopic (exact) mass is 331 g/mol. The Morgan fingerprint density at radius 2 is 2.12 bits per heavy atom. The zero-order valence-electron chi connectivity index (χ0n) is 14.0. The van der Waals surface area contributed by atoms with Crippen molar-refractivity contribution in [1.82, 2.24) is 14.9 Å². The van der Waals surface area contributed by atoms with E-state index in [1.807, 2.05) is 12.4 Å². The molecule has 0 unspecified atom stereocenters. The first-order valence-corrected chi connectivity index (χ1v) is 8.98. The fraction of sp³-hybridized carbons (Fsp3) is 0.667. The van der Waals surface area contributed by atoms with Gasteiger partial charge in [0.2, 0.25) is 5.91 Å². The minimum Gasteiger partial charge on any atom is -0.373 e. The minimum atomic E-state index is 0.0566. The molecule has 3 fully saturated rings. The number of ether oxygens (including phenoxy) is 1. The fourth-order valence-corrected chi connectivity index (χ4v) is 4.05. The highest BCUT2D eigenvalue weighted by atomic mass is 16.7.